The fourth-order valence-electron chi connectivity index (χ4n) is 2.77. The molecular formula is C21H24N6O3S. The zero-order valence-electron chi connectivity index (χ0n) is 17.6. The smallest absolute Gasteiger partial charge is 0.325 e. The molecule has 0 spiro atoms. The molecular weight excluding hydrogens is 416 g/mol. The number of pyridine rings is 1. The summed E-state index contributed by atoms with van der Waals surface area (Å²) in [6.45, 7) is 4.94. The Hall–Kier alpha value is -3.24. The van der Waals surface area contributed by atoms with Crippen LogP contribution in [0.3, 0.4) is 0 Å². The van der Waals surface area contributed by atoms with E-state index in [9.17, 15) is 9.59 Å². The molecule has 0 saturated heterocycles. The highest BCUT2D eigenvalue weighted by Crippen LogP contribution is 2.23. The summed E-state index contributed by atoms with van der Waals surface area (Å²) >= 11 is 1.20. The van der Waals surface area contributed by atoms with Crippen LogP contribution in [0.4, 0.5) is 10.5 Å². The molecule has 0 radical (unpaired) electrons. The number of ether oxygens (including phenoxy) is 1. The number of imide groups is 1. The molecule has 162 valence electrons. The van der Waals surface area contributed by atoms with Crippen LogP contribution in [0.25, 0.3) is 11.4 Å². The number of aryl methyl sites for hydroxylation is 2. The summed E-state index contributed by atoms with van der Waals surface area (Å²) in [5.74, 6) is 0.245. The number of hydrogen-bond acceptors (Lipinski definition) is 7. The van der Waals surface area contributed by atoms with Gasteiger partial charge < -0.3 is 10.1 Å². The molecule has 1 aromatic carbocycles. The number of rotatable bonds is 8. The van der Waals surface area contributed by atoms with Gasteiger partial charge in [0, 0.05) is 30.8 Å². The lowest BCUT2D eigenvalue weighted by Crippen LogP contribution is -2.35. The number of carbonyl (C=O) groups excluding carboxylic acids is 2. The van der Waals surface area contributed by atoms with Gasteiger partial charge in [-0.15, -0.1) is 10.2 Å². The molecule has 0 aliphatic carbocycles. The van der Waals surface area contributed by atoms with Gasteiger partial charge in [-0.3, -0.25) is 19.7 Å². The predicted octanol–water partition coefficient (Wildman–Crippen LogP) is 3.04. The van der Waals surface area contributed by atoms with Gasteiger partial charge in [0.25, 0.3) is 0 Å². The lowest BCUT2D eigenvalue weighted by Gasteiger charge is -2.10. The highest BCUT2D eigenvalue weighted by atomic mass is 32.2. The molecule has 0 saturated carbocycles. The largest absolute Gasteiger partial charge is 0.383 e. The first-order valence-electron chi connectivity index (χ1n) is 9.61. The molecule has 2 heterocycles. The molecule has 2 N–H and O–H groups in total. The van der Waals surface area contributed by atoms with Crippen LogP contribution in [0.5, 0.6) is 0 Å². The number of nitrogens with one attached hydrogen (secondary N) is 2. The lowest BCUT2D eigenvalue weighted by atomic mass is 10.1. The van der Waals surface area contributed by atoms with Gasteiger partial charge in [-0.1, -0.05) is 17.8 Å². The summed E-state index contributed by atoms with van der Waals surface area (Å²) < 4.78 is 7.06. The normalized spacial score (nSPS) is 10.7. The number of benzene rings is 1. The van der Waals surface area contributed by atoms with E-state index in [0.29, 0.717) is 29.8 Å². The van der Waals surface area contributed by atoms with E-state index < -0.39 is 11.9 Å². The Morgan fingerprint density at radius 2 is 1.87 bits per heavy atom. The van der Waals surface area contributed by atoms with Crippen molar-refractivity contribution in [3.05, 3.63) is 53.9 Å². The summed E-state index contributed by atoms with van der Waals surface area (Å²) in [6, 6.07) is 8.66. The van der Waals surface area contributed by atoms with E-state index in [2.05, 4.69) is 25.8 Å². The number of thioether (sulfide) groups is 1. The fourth-order valence-corrected chi connectivity index (χ4v) is 3.53. The standard InChI is InChI=1S/C21H24N6O3S/c1-14-4-5-17(12-15(14)2)23-20(29)24-18(28)13-31-21-26-25-19(27(21)10-11-30-3)16-6-8-22-9-7-16/h4-9,12H,10-11,13H2,1-3H3,(H2,23,24,28,29). The molecule has 0 fully saturated rings. The summed E-state index contributed by atoms with van der Waals surface area (Å²) in [6.07, 6.45) is 3.36. The Kier molecular flexibility index (Phi) is 7.74. The Labute approximate surface area is 184 Å². The van der Waals surface area contributed by atoms with Gasteiger partial charge in [0.15, 0.2) is 11.0 Å². The number of amides is 3. The SMILES string of the molecule is COCCn1c(SCC(=O)NC(=O)Nc2ccc(C)c(C)c2)nnc1-c1ccncc1. The molecule has 3 rings (SSSR count). The lowest BCUT2D eigenvalue weighted by molar-refractivity contribution is -0.117. The van der Waals surface area contributed by atoms with E-state index in [0.717, 1.165) is 16.7 Å². The van der Waals surface area contributed by atoms with Crippen LogP contribution in [0.2, 0.25) is 0 Å². The van der Waals surface area contributed by atoms with Crippen LogP contribution >= 0.6 is 11.8 Å². The van der Waals surface area contributed by atoms with Gasteiger partial charge in [0.2, 0.25) is 5.91 Å². The van der Waals surface area contributed by atoms with E-state index >= 15 is 0 Å². The first kappa shape index (κ1) is 22.4. The van der Waals surface area contributed by atoms with Gasteiger partial charge in [-0.05, 0) is 49.2 Å². The van der Waals surface area contributed by atoms with E-state index in [1.807, 2.05) is 42.7 Å². The van der Waals surface area contributed by atoms with Crippen molar-refractivity contribution < 1.29 is 14.3 Å². The number of carbonyl (C=O) groups is 2. The van der Waals surface area contributed by atoms with Crippen molar-refractivity contribution in [2.45, 2.75) is 25.5 Å². The van der Waals surface area contributed by atoms with E-state index in [-0.39, 0.29) is 5.75 Å². The molecule has 3 amide bonds. The fraction of sp³-hybridized carbons (Fsp3) is 0.286. The molecule has 0 aliphatic heterocycles. The molecule has 0 unspecified atom stereocenters. The van der Waals surface area contributed by atoms with Crippen molar-refractivity contribution in [3.63, 3.8) is 0 Å². The van der Waals surface area contributed by atoms with Gasteiger partial charge >= 0.3 is 6.03 Å². The maximum Gasteiger partial charge on any atom is 0.325 e. The zero-order chi connectivity index (χ0) is 22.2. The van der Waals surface area contributed by atoms with Crippen molar-refractivity contribution in [1.82, 2.24) is 25.1 Å². The number of nitrogens with zero attached hydrogens (tertiary/aromatic N) is 4. The van der Waals surface area contributed by atoms with Gasteiger partial charge in [-0.2, -0.15) is 0 Å². The second-order valence-corrected chi connectivity index (χ2v) is 7.72. The second kappa shape index (κ2) is 10.7. The van der Waals surface area contributed by atoms with Gasteiger partial charge in [0.05, 0.1) is 18.9 Å². The molecule has 3 aromatic rings. The van der Waals surface area contributed by atoms with Gasteiger partial charge in [-0.25, -0.2) is 4.79 Å². The van der Waals surface area contributed by atoms with E-state index in [4.69, 9.17) is 4.74 Å². The molecule has 0 aliphatic rings. The van der Waals surface area contributed by atoms with Crippen molar-refractivity contribution in [1.29, 1.82) is 0 Å². The highest BCUT2D eigenvalue weighted by Gasteiger charge is 2.16. The van der Waals surface area contributed by atoms with Crippen LogP contribution in [-0.2, 0) is 16.1 Å². The molecule has 9 nitrogen and oxygen atoms in total. The summed E-state index contributed by atoms with van der Waals surface area (Å²) in [5.41, 5.74) is 3.67. The third kappa shape index (κ3) is 6.12. The van der Waals surface area contributed by atoms with E-state index in [1.165, 1.54) is 11.8 Å². The number of hydrogen-bond donors (Lipinski definition) is 2. The molecule has 31 heavy (non-hydrogen) atoms. The maximum absolute atomic E-state index is 12.3. The monoisotopic (exact) mass is 440 g/mol. The third-order valence-electron chi connectivity index (χ3n) is 4.52. The molecule has 2 aromatic heterocycles. The zero-order valence-corrected chi connectivity index (χ0v) is 18.4. The maximum atomic E-state index is 12.3. The minimum atomic E-state index is -0.577. The highest BCUT2D eigenvalue weighted by molar-refractivity contribution is 7.99. The van der Waals surface area contributed by atoms with Gasteiger partial charge in [0.1, 0.15) is 0 Å². The topological polar surface area (TPSA) is 111 Å². The average molecular weight is 441 g/mol. The molecule has 0 atom stereocenters. The van der Waals surface area contributed by atoms with Crippen LogP contribution in [0, 0.1) is 13.8 Å². The Morgan fingerprint density at radius 1 is 1.10 bits per heavy atom. The summed E-state index contributed by atoms with van der Waals surface area (Å²) in [4.78, 5) is 28.4. The van der Waals surface area contributed by atoms with Crippen LogP contribution in [0.15, 0.2) is 47.9 Å². The van der Waals surface area contributed by atoms with Crippen LogP contribution in [0.1, 0.15) is 11.1 Å². The van der Waals surface area contributed by atoms with E-state index in [1.54, 1.807) is 25.6 Å². The van der Waals surface area contributed by atoms with Crippen LogP contribution in [-0.4, -0.2) is 51.2 Å². The van der Waals surface area contributed by atoms with Crippen molar-refractivity contribution in [3.8, 4) is 11.4 Å². The second-order valence-electron chi connectivity index (χ2n) is 6.78. The minimum Gasteiger partial charge on any atom is -0.383 e. The van der Waals surface area contributed by atoms with Crippen molar-refractivity contribution in [2.75, 3.05) is 24.8 Å². The first-order chi connectivity index (χ1) is 15.0. The third-order valence-corrected chi connectivity index (χ3v) is 5.49. The summed E-state index contributed by atoms with van der Waals surface area (Å²) in [7, 11) is 1.62. The average Bonchev–Trinajstić information content (AvgIpc) is 3.16. The number of methoxy groups -OCH3 is 1. The number of urea groups is 1. The first-order valence-corrected chi connectivity index (χ1v) is 10.6. The Bertz CT molecular complexity index is 1050. The predicted molar refractivity (Wildman–Crippen MR) is 119 cm³/mol. The minimum absolute atomic E-state index is 0.0157. The summed E-state index contributed by atoms with van der Waals surface area (Å²) in [5, 5.41) is 14.0. The Morgan fingerprint density at radius 3 is 2.58 bits per heavy atom. The quantitative estimate of drug-likeness (QED) is 0.518. The van der Waals surface area contributed by atoms with Crippen molar-refractivity contribution in [2.24, 2.45) is 0 Å². The number of aromatic nitrogens is 4. The molecule has 10 heteroatoms. The number of anilines is 1. The van der Waals surface area contributed by atoms with Crippen molar-refractivity contribution >= 4 is 29.4 Å². The molecule has 0 bridgehead atoms. The van der Waals surface area contributed by atoms with Crippen LogP contribution < -0.4 is 10.6 Å². The Balaban J connectivity index is 1.60.